The van der Waals surface area contributed by atoms with Crippen molar-refractivity contribution >= 4 is 54.9 Å². The predicted octanol–water partition coefficient (Wildman–Crippen LogP) is 13.4. The van der Waals surface area contributed by atoms with E-state index in [0.29, 0.717) is 0 Å². The summed E-state index contributed by atoms with van der Waals surface area (Å²) in [5.74, 6) is 0. The smallest absolute Gasteiger partial charge is 0.150 e. The maximum Gasteiger partial charge on any atom is 0.150 e. The Balaban J connectivity index is 1.11. The van der Waals surface area contributed by atoms with Crippen LogP contribution in [-0.4, -0.2) is 19.3 Å². The molecular weight excluding hydrogens is 689 g/mol. The fraction of sp³-hybridized carbons (Fsp3) is 0. The molecule has 5 heteroatoms. The molecule has 0 bridgehead atoms. The van der Waals surface area contributed by atoms with Gasteiger partial charge in [0.15, 0.2) is 0 Å². The zero-order valence-corrected chi connectivity index (χ0v) is 30.5. The minimum atomic E-state index is 0.884. The molecule has 3 heterocycles. The summed E-state index contributed by atoms with van der Waals surface area (Å²) in [6, 6.07) is 69.3. The fourth-order valence-electron chi connectivity index (χ4n) is 8.27. The first-order valence-electron chi connectivity index (χ1n) is 18.5. The molecule has 11 aromatic rings. The van der Waals surface area contributed by atoms with E-state index < -0.39 is 0 Å². The minimum absolute atomic E-state index is 0.884. The van der Waals surface area contributed by atoms with Crippen LogP contribution < -0.4 is 0 Å². The van der Waals surface area contributed by atoms with Gasteiger partial charge in [0.25, 0.3) is 0 Å². The van der Waals surface area contributed by atoms with Crippen molar-refractivity contribution in [1.82, 2.24) is 19.3 Å². The number of benzene rings is 8. The van der Waals surface area contributed by atoms with Crippen LogP contribution in [0.25, 0.3) is 98.4 Å². The Labute approximate surface area is 321 Å². The summed E-state index contributed by atoms with van der Waals surface area (Å²) in [4.78, 5) is 0. The van der Waals surface area contributed by atoms with Gasteiger partial charge in [-0.1, -0.05) is 157 Å². The van der Waals surface area contributed by atoms with Crippen molar-refractivity contribution in [2.24, 2.45) is 0 Å². The van der Waals surface area contributed by atoms with Crippen LogP contribution in [0.3, 0.4) is 0 Å². The SMILES string of the molecule is c1ccc(-c2cccc(-n3c4ccccc4c4cccc(-c5nnc(-c6cccc7c8ccccc8n(-c8cccc(-c9ccccc9)c8)c67)s5)c43)c2)cc1. The normalized spacial score (nSPS) is 11.6. The number of nitrogens with zero attached hydrogens (tertiary/aromatic N) is 4. The monoisotopic (exact) mass is 720 g/mol. The highest BCUT2D eigenvalue weighted by molar-refractivity contribution is 7.18. The van der Waals surface area contributed by atoms with Gasteiger partial charge in [-0.3, -0.25) is 0 Å². The van der Waals surface area contributed by atoms with E-state index in [-0.39, 0.29) is 0 Å². The lowest BCUT2D eigenvalue weighted by atomic mass is 10.1. The third-order valence-corrected chi connectivity index (χ3v) is 11.7. The molecule has 0 atom stereocenters. The van der Waals surface area contributed by atoms with E-state index in [1.807, 2.05) is 0 Å². The zero-order chi connectivity index (χ0) is 36.3. The second-order valence-corrected chi connectivity index (χ2v) is 14.8. The molecule has 0 saturated heterocycles. The average Bonchev–Trinajstić information content (AvgIpc) is 3.98. The van der Waals surface area contributed by atoms with Gasteiger partial charge in [-0.05, 0) is 70.8 Å². The zero-order valence-electron chi connectivity index (χ0n) is 29.7. The van der Waals surface area contributed by atoms with Crippen LogP contribution in [0, 0.1) is 0 Å². The van der Waals surface area contributed by atoms with Crippen LogP contribution in [0.1, 0.15) is 0 Å². The molecule has 0 amide bonds. The molecule has 0 unspecified atom stereocenters. The van der Waals surface area contributed by atoms with E-state index in [0.717, 1.165) is 54.6 Å². The molecule has 0 aliphatic rings. The molecule has 8 aromatic carbocycles. The topological polar surface area (TPSA) is 35.6 Å². The highest BCUT2D eigenvalue weighted by atomic mass is 32.1. The van der Waals surface area contributed by atoms with E-state index >= 15 is 0 Å². The molecule has 0 saturated carbocycles. The van der Waals surface area contributed by atoms with Crippen LogP contribution in [-0.2, 0) is 0 Å². The molecule has 0 aliphatic heterocycles. The van der Waals surface area contributed by atoms with Crippen LogP contribution in [0.5, 0.6) is 0 Å². The van der Waals surface area contributed by atoms with Gasteiger partial charge < -0.3 is 9.13 Å². The molecule has 55 heavy (non-hydrogen) atoms. The number of aromatic nitrogens is 4. The minimum Gasteiger partial charge on any atom is -0.309 e. The third kappa shape index (κ3) is 5.12. The Morgan fingerprint density at radius 1 is 0.327 bits per heavy atom. The maximum absolute atomic E-state index is 4.95. The van der Waals surface area contributed by atoms with Gasteiger partial charge in [-0.2, -0.15) is 0 Å². The van der Waals surface area contributed by atoms with Crippen LogP contribution in [0.15, 0.2) is 194 Å². The Morgan fingerprint density at radius 2 is 0.709 bits per heavy atom. The van der Waals surface area contributed by atoms with E-state index in [9.17, 15) is 0 Å². The summed E-state index contributed by atoms with van der Waals surface area (Å²) in [6.45, 7) is 0. The van der Waals surface area contributed by atoms with Crippen LogP contribution in [0.2, 0.25) is 0 Å². The summed E-state index contributed by atoms with van der Waals surface area (Å²) < 4.78 is 4.79. The van der Waals surface area contributed by atoms with E-state index in [2.05, 4.69) is 203 Å². The fourth-order valence-corrected chi connectivity index (χ4v) is 9.17. The summed E-state index contributed by atoms with van der Waals surface area (Å²) in [7, 11) is 0. The highest BCUT2D eigenvalue weighted by Gasteiger charge is 2.22. The number of rotatable bonds is 6. The van der Waals surface area contributed by atoms with Gasteiger partial charge in [0.2, 0.25) is 0 Å². The van der Waals surface area contributed by atoms with Gasteiger partial charge in [0.05, 0.1) is 22.1 Å². The van der Waals surface area contributed by atoms with Gasteiger partial charge in [-0.15, -0.1) is 10.2 Å². The highest BCUT2D eigenvalue weighted by Crippen LogP contribution is 2.43. The first-order valence-corrected chi connectivity index (χ1v) is 19.3. The molecule has 0 fully saturated rings. The molecule has 3 aromatic heterocycles. The summed E-state index contributed by atoms with van der Waals surface area (Å²) in [5.41, 5.74) is 13.7. The molecule has 0 aliphatic carbocycles. The van der Waals surface area contributed by atoms with Crippen molar-refractivity contribution < 1.29 is 0 Å². The first-order chi connectivity index (χ1) is 27.3. The van der Waals surface area contributed by atoms with E-state index in [4.69, 9.17) is 10.2 Å². The largest absolute Gasteiger partial charge is 0.309 e. The molecule has 4 nitrogen and oxygen atoms in total. The Kier molecular flexibility index (Phi) is 7.32. The molecule has 0 spiro atoms. The van der Waals surface area contributed by atoms with Gasteiger partial charge in [-0.25, -0.2) is 0 Å². The van der Waals surface area contributed by atoms with Crippen molar-refractivity contribution in [3.63, 3.8) is 0 Å². The average molecular weight is 721 g/mol. The van der Waals surface area contributed by atoms with Crippen molar-refractivity contribution in [1.29, 1.82) is 0 Å². The standard InChI is InChI=1S/C50H32N4S/c1-3-15-33(16-4-1)35-19-11-21-37(31-35)53-45-29-9-7-23-39(45)41-25-13-27-43(47(41)53)49-51-52-50(55-49)44-28-14-26-42-40-24-8-10-30-46(40)54(48(42)44)38-22-12-20-36(32-38)34-17-5-2-6-18-34/h1-32H. The van der Waals surface area contributed by atoms with Crippen molar-refractivity contribution in [3.8, 4) is 54.8 Å². The van der Waals surface area contributed by atoms with E-state index in [1.54, 1.807) is 11.3 Å². The second-order valence-electron chi connectivity index (χ2n) is 13.9. The Hall–Kier alpha value is -7.08. The second kappa shape index (κ2) is 12.8. The Bertz CT molecular complexity index is 2990. The van der Waals surface area contributed by atoms with Crippen molar-refractivity contribution in [2.75, 3.05) is 0 Å². The molecule has 0 radical (unpaired) electrons. The predicted molar refractivity (Wildman–Crippen MR) is 230 cm³/mol. The summed E-state index contributed by atoms with van der Waals surface area (Å²) in [5, 5.41) is 16.5. The number of fused-ring (bicyclic) bond motifs is 6. The summed E-state index contributed by atoms with van der Waals surface area (Å²) in [6.07, 6.45) is 0. The number of hydrogen-bond donors (Lipinski definition) is 0. The lowest BCUT2D eigenvalue weighted by Crippen LogP contribution is -1.96. The van der Waals surface area contributed by atoms with Gasteiger partial charge in [0.1, 0.15) is 10.0 Å². The first kappa shape index (κ1) is 31.4. The van der Waals surface area contributed by atoms with Crippen molar-refractivity contribution in [3.05, 3.63) is 194 Å². The lowest BCUT2D eigenvalue weighted by molar-refractivity contribution is 1.10. The Morgan fingerprint density at radius 3 is 1.18 bits per heavy atom. The molecule has 11 rings (SSSR count). The number of hydrogen-bond acceptors (Lipinski definition) is 3. The molecular formula is C50H32N4S. The maximum atomic E-state index is 4.95. The van der Waals surface area contributed by atoms with E-state index in [1.165, 1.54) is 43.8 Å². The molecule has 258 valence electrons. The molecule has 0 N–H and O–H groups in total. The third-order valence-electron chi connectivity index (χ3n) is 10.7. The summed E-state index contributed by atoms with van der Waals surface area (Å²) >= 11 is 1.65. The van der Waals surface area contributed by atoms with Gasteiger partial charge in [0, 0.05) is 44.0 Å². The van der Waals surface area contributed by atoms with Gasteiger partial charge >= 0.3 is 0 Å². The van der Waals surface area contributed by atoms with Crippen LogP contribution in [0.4, 0.5) is 0 Å². The van der Waals surface area contributed by atoms with Crippen LogP contribution >= 0.6 is 11.3 Å². The van der Waals surface area contributed by atoms with Crippen molar-refractivity contribution in [2.45, 2.75) is 0 Å². The lowest BCUT2D eigenvalue weighted by Gasteiger charge is -2.12. The quantitative estimate of drug-likeness (QED) is 0.171. The number of para-hydroxylation sites is 4.